The van der Waals surface area contributed by atoms with Crippen molar-refractivity contribution in [2.75, 3.05) is 19.6 Å². The fraction of sp³-hybridized carbons (Fsp3) is 0.500. The van der Waals surface area contributed by atoms with Gasteiger partial charge < -0.3 is 14.6 Å². The van der Waals surface area contributed by atoms with Crippen molar-refractivity contribution in [2.45, 2.75) is 45.1 Å². The Morgan fingerprint density at radius 1 is 1.28 bits per heavy atom. The number of piperidine rings is 1. The standard InChI is InChI=1S/C20H27N3O2/c1-2-14-23(17-10-12-21-13-11-17)20(24)9-8-19-22-15-18(25-19)16-6-4-3-5-7-16/h3-7,15,17,21H,2,8-14H2,1H3. The zero-order valence-corrected chi connectivity index (χ0v) is 14.9. The second kappa shape index (κ2) is 8.81. The van der Waals surface area contributed by atoms with Crippen molar-refractivity contribution in [3.8, 4) is 11.3 Å². The van der Waals surface area contributed by atoms with E-state index in [0.717, 1.165) is 50.2 Å². The van der Waals surface area contributed by atoms with E-state index in [9.17, 15) is 4.79 Å². The molecule has 0 radical (unpaired) electrons. The molecule has 134 valence electrons. The first-order valence-electron chi connectivity index (χ1n) is 9.28. The second-order valence-corrected chi connectivity index (χ2v) is 6.55. The Morgan fingerprint density at radius 2 is 2.04 bits per heavy atom. The Bertz CT molecular complexity index is 663. The van der Waals surface area contributed by atoms with Gasteiger partial charge in [0.2, 0.25) is 5.91 Å². The highest BCUT2D eigenvalue weighted by molar-refractivity contribution is 5.76. The highest BCUT2D eigenvalue weighted by atomic mass is 16.4. The molecule has 0 unspecified atom stereocenters. The molecule has 1 aliphatic rings. The average Bonchev–Trinajstić information content (AvgIpc) is 3.15. The lowest BCUT2D eigenvalue weighted by Gasteiger charge is -2.34. The number of hydrogen-bond acceptors (Lipinski definition) is 4. The highest BCUT2D eigenvalue weighted by Gasteiger charge is 2.24. The number of amides is 1. The predicted octanol–water partition coefficient (Wildman–Crippen LogP) is 3.26. The number of rotatable bonds is 7. The van der Waals surface area contributed by atoms with E-state index in [1.54, 1.807) is 6.20 Å². The molecule has 1 amide bonds. The minimum atomic E-state index is 0.216. The number of nitrogens with zero attached hydrogens (tertiary/aromatic N) is 2. The fourth-order valence-electron chi connectivity index (χ4n) is 3.39. The molecular weight excluding hydrogens is 314 g/mol. The van der Waals surface area contributed by atoms with Crippen molar-refractivity contribution in [1.82, 2.24) is 15.2 Å². The number of benzene rings is 1. The minimum Gasteiger partial charge on any atom is -0.441 e. The number of nitrogens with one attached hydrogen (secondary N) is 1. The predicted molar refractivity (Wildman–Crippen MR) is 98.2 cm³/mol. The Hall–Kier alpha value is -2.14. The van der Waals surface area contributed by atoms with Gasteiger partial charge >= 0.3 is 0 Å². The van der Waals surface area contributed by atoms with Crippen molar-refractivity contribution < 1.29 is 9.21 Å². The molecule has 1 fully saturated rings. The summed E-state index contributed by atoms with van der Waals surface area (Å²) in [5.74, 6) is 1.61. The number of aryl methyl sites for hydroxylation is 1. The molecule has 1 aromatic heterocycles. The van der Waals surface area contributed by atoms with Gasteiger partial charge in [-0.2, -0.15) is 0 Å². The molecule has 0 atom stereocenters. The number of carbonyl (C=O) groups is 1. The van der Waals surface area contributed by atoms with Gasteiger partial charge in [-0.15, -0.1) is 0 Å². The van der Waals surface area contributed by atoms with Crippen molar-refractivity contribution in [2.24, 2.45) is 0 Å². The third kappa shape index (κ3) is 4.69. The Morgan fingerprint density at radius 3 is 2.76 bits per heavy atom. The van der Waals surface area contributed by atoms with E-state index in [4.69, 9.17) is 4.42 Å². The second-order valence-electron chi connectivity index (χ2n) is 6.55. The summed E-state index contributed by atoms with van der Waals surface area (Å²) in [6, 6.07) is 10.3. The minimum absolute atomic E-state index is 0.216. The van der Waals surface area contributed by atoms with Crippen LogP contribution < -0.4 is 5.32 Å². The van der Waals surface area contributed by atoms with Crippen LogP contribution in [0.3, 0.4) is 0 Å². The van der Waals surface area contributed by atoms with E-state index < -0.39 is 0 Å². The lowest BCUT2D eigenvalue weighted by atomic mass is 10.0. The highest BCUT2D eigenvalue weighted by Crippen LogP contribution is 2.21. The van der Waals surface area contributed by atoms with Crippen LogP contribution in [-0.4, -0.2) is 41.5 Å². The molecule has 1 aliphatic heterocycles. The van der Waals surface area contributed by atoms with Gasteiger partial charge in [0.25, 0.3) is 0 Å². The van der Waals surface area contributed by atoms with Gasteiger partial charge in [0.15, 0.2) is 11.7 Å². The van der Waals surface area contributed by atoms with Gasteiger partial charge in [0, 0.05) is 31.0 Å². The first-order valence-corrected chi connectivity index (χ1v) is 9.28. The summed E-state index contributed by atoms with van der Waals surface area (Å²) in [6.45, 7) is 4.96. The Balaban J connectivity index is 1.58. The molecule has 1 N–H and O–H groups in total. The Kier molecular flexibility index (Phi) is 6.23. The lowest BCUT2D eigenvalue weighted by Crippen LogP contribution is -2.46. The largest absolute Gasteiger partial charge is 0.441 e. The lowest BCUT2D eigenvalue weighted by molar-refractivity contribution is -0.134. The van der Waals surface area contributed by atoms with E-state index in [2.05, 4.69) is 22.1 Å². The molecular formula is C20H27N3O2. The topological polar surface area (TPSA) is 58.4 Å². The van der Waals surface area contributed by atoms with Gasteiger partial charge in [-0.1, -0.05) is 37.3 Å². The fourth-order valence-corrected chi connectivity index (χ4v) is 3.39. The summed E-state index contributed by atoms with van der Waals surface area (Å²) in [7, 11) is 0. The summed E-state index contributed by atoms with van der Waals surface area (Å²) < 4.78 is 5.81. The van der Waals surface area contributed by atoms with Crippen LogP contribution in [0.15, 0.2) is 40.9 Å². The van der Waals surface area contributed by atoms with Crippen molar-refractivity contribution in [3.63, 3.8) is 0 Å². The van der Waals surface area contributed by atoms with Gasteiger partial charge in [-0.25, -0.2) is 4.98 Å². The van der Waals surface area contributed by atoms with Gasteiger partial charge in [0.05, 0.1) is 6.20 Å². The first-order chi connectivity index (χ1) is 12.3. The maximum atomic E-state index is 12.7. The zero-order valence-electron chi connectivity index (χ0n) is 14.9. The number of aromatic nitrogens is 1. The smallest absolute Gasteiger partial charge is 0.223 e. The van der Waals surface area contributed by atoms with Crippen LogP contribution in [-0.2, 0) is 11.2 Å². The molecule has 0 spiro atoms. The van der Waals surface area contributed by atoms with E-state index in [1.165, 1.54) is 0 Å². The third-order valence-corrected chi connectivity index (χ3v) is 4.70. The molecule has 5 heteroatoms. The molecule has 2 aromatic rings. The summed E-state index contributed by atoms with van der Waals surface area (Å²) in [5.41, 5.74) is 1.01. The van der Waals surface area contributed by atoms with Crippen LogP contribution in [0, 0.1) is 0 Å². The molecule has 25 heavy (non-hydrogen) atoms. The molecule has 0 aliphatic carbocycles. The van der Waals surface area contributed by atoms with Crippen molar-refractivity contribution in [1.29, 1.82) is 0 Å². The normalized spacial score (nSPS) is 15.2. The van der Waals surface area contributed by atoms with Crippen LogP contribution >= 0.6 is 0 Å². The molecule has 0 bridgehead atoms. The van der Waals surface area contributed by atoms with Crippen LogP contribution in [0.2, 0.25) is 0 Å². The molecule has 1 saturated heterocycles. The van der Waals surface area contributed by atoms with Crippen LogP contribution in [0.5, 0.6) is 0 Å². The molecule has 5 nitrogen and oxygen atoms in total. The van der Waals surface area contributed by atoms with E-state index >= 15 is 0 Å². The number of carbonyl (C=O) groups excluding carboxylic acids is 1. The van der Waals surface area contributed by atoms with E-state index in [1.807, 2.05) is 30.3 Å². The SMILES string of the molecule is CCCN(C(=O)CCc1ncc(-c2ccccc2)o1)C1CCNCC1. The van der Waals surface area contributed by atoms with Crippen LogP contribution in [0.4, 0.5) is 0 Å². The monoisotopic (exact) mass is 341 g/mol. The van der Waals surface area contributed by atoms with Crippen molar-refractivity contribution in [3.05, 3.63) is 42.4 Å². The first kappa shape index (κ1) is 17.7. The molecule has 2 heterocycles. The number of oxazole rings is 1. The van der Waals surface area contributed by atoms with Gasteiger partial charge in [-0.05, 0) is 32.4 Å². The maximum Gasteiger partial charge on any atom is 0.223 e. The number of hydrogen-bond donors (Lipinski definition) is 1. The Labute approximate surface area is 149 Å². The summed E-state index contributed by atoms with van der Waals surface area (Å²) in [6.07, 6.45) is 5.83. The van der Waals surface area contributed by atoms with E-state index in [0.29, 0.717) is 24.8 Å². The van der Waals surface area contributed by atoms with Gasteiger partial charge in [0.1, 0.15) is 0 Å². The van der Waals surface area contributed by atoms with Crippen molar-refractivity contribution >= 4 is 5.91 Å². The van der Waals surface area contributed by atoms with Crippen LogP contribution in [0.25, 0.3) is 11.3 Å². The average molecular weight is 341 g/mol. The summed E-state index contributed by atoms with van der Waals surface area (Å²) >= 11 is 0. The molecule has 0 saturated carbocycles. The van der Waals surface area contributed by atoms with Crippen LogP contribution in [0.1, 0.15) is 38.5 Å². The summed E-state index contributed by atoms with van der Waals surface area (Å²) in [4.78, 5) is 19.1. The maximum absolute atomic E-state index is 12.7. The quantitative estimate of drug-likeness (QED) is 0.840. The van der Waals surface area contributed by atoms with Gasteiger partial charge in [-0.3, -0.25) is 4.79 Å². The molecule has 3 rings (SSSR count). The summed E-state index contributed by atoms with van der Waals surface area (Å²) in [5, 5.41) is 3.36. The van der Waals surface area contributed by atoms with E-state index in [-0.39, 0.29) is 5.91 Å². The molecule has 1 aromatic carbocycles. The third-order valence-electron chi connectivity index (χ3n) is 4.70. The zero-order chi connectivity index (χ0) is 17.5.